The van der Waals surface area contributed by atoms with Gasteiger partial charge >= 0.3 is 0 Å². The Labute approximate surface area is 208 Å². The van der Waals surface area contributed by atoms with Crippen molar-refractivity contribution in [3.8, 4) is 0 Å². The summed E-state index contributed by atoms with van der Waals surface area (Å²) in [5.41, 5.74) is -0.0793. The van der Waals surface area contributed by atoms with E-state index in [0.717, 1.165) is 0 Å². The van der Waals surface area contributed by atoms with E-state index >= 15 is 0 Å². The summed E-state index contributed by atoms with van der Waals surface area (Å²) in [5.74, 6) is 0.0914. The lowest BCUT2D eigenvalue weighted by Crippen LogP contribution is -2.49. The average molecular weight is 501 g/mol. The highest BCUT2D eigenvalue weighted by molar-refractivity contribution is 6.31. The molecule has 0 saturated carbocycles. The van der Waals surface area contributed by atoms with Crippen molar-refractivity contribution < 1.29 is 23.3 Å². The Bertz CT molecular complexity index is 1170. The Balaban J connectivity index is 1.87. The number of carbonyl (C=O) groups is 3. The zero-order valence-electron chi connectivity index (χ0n) is 20.1. The highest BCUT2D eigenvalue weighted by Gasteiger charge is 2.35. The van der Waals surface area contributed by atoms with Gasteiger partial charge in [-0.3, -0.25) is 14.4 Å². The summed E-state index contributed by atoms with van der Waals surface area (Å²) in [7, 11) is 0. The summed E-state index contributed by atoms with van der Waals surface area (Å²) in [6, 6.07) is 10.8. The number of furan rings is 1. The lowest BCUT2D eigenvalue weighted by atomic mass is 10.0. The molecule has 35 heavy (non-hydrogen) atoms. The van der Waals surface area contributed by atoms with E-state index in [1.165, 1.54) is 11.2 Å². The van der Waals surface area contributed by atoms with E-state index in [1.54, 1.807) is 49.4 Å². The van der Waals surface area contributed by atoms with Crippen molar-refractivity contribution in [3.63, 3.8) is 0 Å². The third-order valence-electron chi connectivity index (χ3n) is 4.95. The first-order valence-corrected chi connectivity index (χ1v) is 11.5. The largest absolute Gasteiger partial charge is 0.467 e. The highest BCUT2D eigenvalue weighted by Crippen LogP contribution is 2.31. The van der Waals surface area contributed by atoms with Gasteiger partial charge in [0.1, 0.15) is 17.6 Å². The van der Waals surface area contributed by atoms with Crippen molar-refractivity contribution in [1.82, 2.24) is 15.4 Å². The SMILES string of the molecule is Cc1cc(NC(=O)CCC(=O)N(Cc2ccco2)C(C(=O)NC(C)(C)C)c2ccccc2Cl)no1. The van der Waals surface area contributed by atoms with E-state index < -0.39 is 29.3 Å². The van der Waals surface area contributed by atoms with Crippen LogP contribution in [-0.4, -0.2) is 33.3 Å². The molecule has 0 aliphatic rings. The Kier molecular flexibility index (Phi) is 8.34. The third kappa shape index (κ3) is 7.45. The van der Waals surface area contributed by atoms with Crippen LogP contribution in [0.3, 0.4) is 0 Å². The summed E-state index contributed by atoms with van der Waals surface area (Å²) >= 11 is 6.46. The van der Waals surface area contributed by atoms with Gasteiger partial charge in [0.05, 0.1) is 12.8 Å². The number of benzene rings is 1. The van der Waals surface area contributed by atoms with Gasteiger partial charge in [0.15, 0.2) is 5.82 Å². The summed E-state index contributed by atoms with van der Waals surface area (Å²) in [4.78, 5) is 40.7. The van der Waals surface area contributed by atoms with Crippen molar-refractivity contribution >= 4 is 35.1 Å². The number of rotatable bonds is 9. The first-order valence-electron chi connectivity index (χ1n) is 11.1. The molecule has 9 nitrogen and oxygen atoms in total. The van der Waals surface area contributed by atoms with Crippen molar-refractivity contribution in [3.05, 3.63) is 70.8 Å². The maximum Gasteiger partial charge on any atom is 0.247 e. The molecule has 10 heteroatoms. The minimum Gasteiger partial charge on any atom is -0.467 e. The van der Waals surface area contributed by atoms with Crippen LogP contribution in [0.2, 0.25) is 5.02 Å². The molecule has 186 valence electrons. The van der Waals surface area contributed by atoms with Crippen molar-refractivity contribution in [1.29, 1.82) is 0 Å². The van der Waals surface area contributed by atoms with E-state index in [4.69, 9.17) is 20.5 Å². The Morgan fingerprint density at radius 2 is 1.86 bits per heavy atom. The van der Waals surface area contributed by atoms with E-state index in [-0.39, 0.29) is 25.2 Å². The second-order valence-electron chi connectivity index (χ2n) is 9.14. The number of anilines is 1. The number of hydrogen-bond donors (Lipinski definition) is 2. The predicted molar refractivity (Wildman–Crippen MR) is 130 cm³/mol. The smallest absolute Gasteiger partial charge is 0.247 e. The van der Waals surface area contributed by atoms with Crippen LogP contribution >= 0.6 is 11.6 Å². The molecule has 1 atom stereocenters. The molecule has 2 aromatic heterocycles. The van der Waals surface area contributed by atoms with Crippen molar-refractivity contribution in [2.75, 3.05) is 5.32 Å². The van der Waals surface area contributed by atoms with Crippen LogP contribution in [0.1, 0.15) is 56.7 Å². The van der Waals surface area contributed by atoms with Gasteiger partial charge in [-0.2, -0.15) is 0 Å². The quantitative estimate of drug-likeness (QED) is 0.442. The fourth-order valence-corrected chi connectivity index (χ4v) is 3.71. The fourth-order valence-electron chi connectivity index (χ4n) is 3.47. The maximum atomic E-state index is 13.5. The van der Waals surface area contributed by atoms with Crippen LogP contribution in [-0.2, 0) is 20.9 Å². The second kappa shape index (κ2) is 11.2. The van der Waals surface area contributed by atoms with Gasteiger partial charge in [-0.15, -0.1) is 0 Å². The van der Waals surface area contributed by atoms with Gasteiger partial charge in [0, 0.05) is 35.0 Å². The summed E-state index contributed by atoms with van der Waals surface area (Å²) in [6.07, 6.45) is 1.23. The number of halogens is 1. The summed E-state index contributed by atoms with van der Waals surface area (Å²) < 4.78 is 10.4. The molecule has 3 aromatic rings. The van der Waals surface area contributed by atoms with E-state index in [0.29, 0.717) is 22.1 Å². The van der Waals surface area contributed by atoms with Crippen molar-refractivity contribution in [2.24, 2.45) is 0 Å². The average Bonchev–Trinajstić information content (AvgIpc) is 3.43. The standard InChI is InChI=1S/C25H29ClN4O5/c1-16-14-20(29-35-16)27-21(31)11-12-22(32)30(15-17-8-7-13-34-17)23(24(33)28-25(2,3)4)18-9-5-6-10-19(18)26/h5-10,13-14,23H,11-12,15H2,1-4H3,(H,28,33)(H,27,29,31). The number of amides is 3. The van der Waals surface area contributed by atoms with Crippen LogP contribution in [0.5, 0.6) is 0 Å². The van der Waals surface area contributed by atoms with Gasteiger partial charge < -0.3 is 24.5 Å². The summed E-state index contributed by atoms with van der Waals surface area (Å²) in [5, 5.41) is 9.60. The molecule has 1 unspecified atom stereocenters. The predicted octanol–water partition coefficient (Wildman–Crippen LogP) is 4.63. The monoisotopic (exact) mass is 500 g/mol. The van der Waals surface area contributed by atoms with Gasteiger partial charge in [-0.1, -0.05) is 35.0 Å². The number of nitrogens with zero attached hydrogens (tertiary/aromatic N) is 2. The molecule has 0 bridgehead atoms. The molecular weight excluding hydrogens is 472 g/mol. The molecular formula is C25H29ClN4O5. The van der Waals surface area contributed by atoms with E-state index in [2.05, 4.69) is 15.8 Å². The topological polar surface area (TPSA) is 118 Å². The molecule has 2 heterocycles. The molecule has 0 radical (unpaired) electrons. The highest BCUT2D eigenvalue weighted by atomic mass is 35.5. The minimum absolute atomic E-state index is 0.0172. The number of aryl methyl sites for hydroxylation is 1. The van der Waals surface area contributed by atoms with Crippen LogP contribution in [0.25, 0.3) is 0 Å². The molecule has 0 fully saturated rings. The lowest BCUT2D eigenvalue weighted by Gasteiger charge is -2.33. The van der Waals surface area contributed by atoms with Crippen molar-refractivity contribution in [2.45, 2.75) is 58.7 Å². The van der Waals surface area contributed by atoms with Crippen LogP contribution in [0.4, 0.5) is 5.82 Å². The van der Waals surface area contributed by atoms with Crippen LogP contribution in [0.15, 0.2) is 57.7 Å². The lowest BCUT2D eigenvalue weighted by molar-refractivity contribution is -0.143. The molecule has 0 aliphatic heterocycles. The molecule has 3 rings (SSSR count). The minimum atomic E-state index is -1.04. The van der Waals surface area contributed by atoms with Crippen LogP contribution < -0.4 is 10.6 Å². The Morgan fingerprint density at radius 1 is 1.11 bits per heavy atom. The molecule has 2 N–H and O–H groups in total. The number of nitrogens with one attached hydrogen (secondary N) is 2. The number of carbonyl (C=O) groups excluding carboxylic acids is 3. The molecule has 0 spiro atoms. The van der Waals surface area contributed by atoms with E-state index in [1.807, 2.05) is 20.8 Å². The third-order valence-corrected chi connectivity index (χ3v) is 5.29. The van der Waals surface area contributed by atoms with Gasteiger partial charge in [-0.25, -0.2) is 0 Å². The molecule has 3 amide bonds. The first-order chi connectivity index (χ1) is 16.5. The molecule has 1 aromatic carbocycles. The normalized spacial score (nSPS) is 12.1. The second-order valence-corrected chi connectivity index (χ2v) is 9.54. The number of hydrogen-bond acceptors (Lipinski definition) is 6. The van der Waals surface area contributed by atoms with Crippen LogP contribution in [0, 0.1) is 6.92 Å². The Hall–Kier alpha value is -3.59. The maximum absolute atomic E-state index is 13.5. The fraction of sp³-hybridized carbons (Fsp3) is 0.360. The van der Waals surface area contributed by atoms with Gasteiger partial charge in [-0.05, 0) is 45.9 Å². The van der Waals surface area contributed by atoms with E-state index in [9.17, 15) is 14.4 Å². The van der Waals surface area contributed by atoms with Gasteiger partial charge in [0.2, 0.25) is 17.7 Å². The summed E-state index contributed by atoms with van der Waals surface area (Å²) in [6.45, 7) is 7.27. The zero-order chi connectivity index (χ0) is 25.6. The molecule has 0 aliphatic carbocycles. The zero-order valence-corrected chi connectivity index (χ0v) is 20.9. The Morgan fingerprint density at radius 3 is 2.46 bits per heavy atom. The van der Waals surface area contributed by atoms with Gasteiger partial charge in [0.25, 0.3) is 0 Å². The number of aromatic nitrogens is 1. The molecule has 0 saturated heterocycles. The first kappa shape index (κ1) is 26.0.